The van der Waals surface area contributed by atoms with Gasteiger partial charge in [-0.15, -0.1) is 0 Å². The minimum atomic E-state index is -0.471. The quantitative estimate of drug-likeness (QED) is 0.0854. The van der Waals surface area contributed by atoms with Crippen LogP contribution in [0.15, 0.2) is 169 Å². The molecule has 0 heterocycles. The van der Waals surface area contributed by atoms with E-state index >= 15 is 8.78 Å². The molecular weight excluding hydrogens is 779 g/mol. The van der Waals surface area contributed by atoms with Crippen molar-refractivity contribution in [2.75, 3.05) is 0 Å². The van der Waals surface area contributed by atoms with Gasteiger partial charge >= 0.3 is 0 Å². The lowest BCUT2D eigenvalue weighted by molar-refractivity contribution is 0.441. The molecule has 294 valence electrons. The molecule has 2 nitrogen and oxygen atoms in total. The summed E-state index contributed by atoms with van der Waals surface area (Å²) in [4.78, 5) is 0. The first-order valence-electron chi connectivity index (χ1n) is 19.2. The Hall–Kier alpha value is -5.56. The van der Waals surface area contributed by atoms with Gasteiger partial charge in [0.15, 0.2) is 23.1 Å². The van der Waals surface area contributed by atoms with Crippen LogP contribution >= 0.6 is 23.2 Å². The average Bonchev–Trinajstić information content (AvgIpc) is 4.19. The zero-order chi connectivity index (χ0) is 40.4. The van der Waals surface area contributed by atoms with Crippen molar-refractivity contribution in [1.82, 2.24) is 0 Å². The van der Waals surface area contributed by atoms with E-state index in [-0.39, 0.29) is 35.0 Å². The Balaban J connectivity index is 0.000000177. The number of hydrogen-bond acceptors (Lipinski definition) is 2. The van der Waals surface area contributed by atoms with Crippen LogP contribution < -0.4 is 9.47 Å². The van der Waals surface area contributed by atoms with Crippen molar-refractivity contribution in [1.29, 1.82) is 0 Å². The Kier molecular flexibility index (Phi) is 13.5. The molecule has 0 amide bonds. The van der Waals surface area contributed by atoms with Gasteiger partial charge in [-0.3, -0.25) is 0 Å². The first kappa shape index (κ1) is 40.6. The molecule has 0 spiro atoms. The number of hydrogen-bond donors (Lipinski definition) is 0. The number of ether oxygens (including phenoxy) is 2. The van der Waals surface area contributed by atoms with E-state index in [2.05, 4.69) is 0 Å². The molecule has 2 aliphatic carbocycles. The second-order valence-electron chi connectivity index (χ2n) is 14.3. The summed E-state index contributed by atoms with van der Waals surface area (Å²) >= 11 is 11.9. The van der Waals surface area contributed by atoms with Crippen LogP contribution in [0.4, 0.5) is 17.6 Å². The van der Waals surface area contributed by atoms with E-state index in [9.17, 15) is 8.78 Å². The number of allylic oxidation sites excluding steroid dienone is 5. The predicted molar refractivity (Wildman–Crippen MR) is 227 cm³/mol. The van der Waals surface area contributed by atoms with E-state index in [4.69, 9.17) is 32.7 Å². The second-order valence-corrected chi connectivity index (χ2v) is 15.2. The van der Waals surface area contributed by atoms with E-state index in [1.165, 1.54) is 18.2 Å². The fraction of sp³-hybridized carbons (Fsp3) is 0.160. The largest absolute Gasteiger partial charge is 0.454 e. The lowest BCUT2D eigenvalue weighted by atomic mass is 9.92. The standard InChI is InChI=1S/C25H21ClF2O.C25H19ClF2O/c2*26-20-12-10-19(11-13-20)25(18-8-9-18)23(28)15-7-17-6-14-22(27)24(16-17)29-21-4-2-1-3-5-21/h1-6,10-16,18,25H,7-9H2;1-7,10-16,18H,8-9H2/b23-15-;. The summed E-state index contributed by atoms with van der Waals surface area (Å²) in [5.74, 6) is 0.299. The molecule has 1 unspecified atom stereocenters. The highest BCUT2D eigenvalue weighted by Gasteiger charge is 2.35. The van der Waals surface area contributed by atoms with Crippen LogP contribution in [0, 0.1) is 23.5 Å². The predicted octanol–water partition coefficient (Wildman–Crippen LogP) is 15.9. The van der Waals surface area contributed by atoms with Gasteiger partial charge in [0.05, 0.1) is 0 Å². The van der Waals surface area contributed by atoms with Crippen molar-refractivity contribution in [2.45, 2.75) is 38.0 Å². The smallest absolute Gasteiger partial charge is 0.165 e. The number of halogens is 6. The molecule has 0 aromatic heterocycles. The highest BCUT2D eigenvalue weighted by atomic mass is 35.5. The summed E-state index contributed by atoms with van der Waals surface area (Å²) in [5.41, 5.74) is 3.92. The fourth-order valence-electron chi connectivity index (χ4n) is 6.61. The molecule has 2 aliphatic rings. The number of para-hydroxylation sites is 2. The zero-order valence-corrected chi connectivity index (χ0v) is 33.0. The highest BCUT2D eigenvalue weighted by molar-refractivity contribution is 6.30. The Morgan fingerprint density at radius 2 is 1.19 bits per heavy atom. The monoisotopic (exact) mass is 818 g/mol. The molecule has 0 bridgehead atoms. The Morgan fingerprint density at radius 1 is 0.638 bits per heavy atom. The zero-order valence-electron chi connectivity index (χ0n) is 31.4. The molecule has 0 N–H and O–H groups in total. The molecule has 2 fully saturated rings. The van der Waals surface area contributed by atoms with E-state index in [0.29, 0.717) is 45.0 Å². The summed E-state index contributed by atoms with van der Waals surface area (Å²) in [6.07, 6.45) is 9.04. The summed E-state index contributed by atoms with van der Waals surface area (Å²) in [7, 11) is 0. The Morgan fingerprint density at radius 3 is 1.76 bits per heavy atom. The van der Waals surface area contributed by atoms with Gasteiger partial charge in [0.25, 0.3) is 0 Å². The molecule has 6 aromatic carbocycles. The van der Waals surface area contributed by atoms with Gasteiger partial charge in [-0.1, -0.05) is 102 Å². The maximum atomic E-state index is 15.1. The number of rotatable bonds is 13. The summed E-state index contributed by atoms with van der Waals surface area (Å²) < 4.78 is 69.6. The summed E-state index contributed by atoms with van der Waals surface area (Å²) in [6.45, 7) is 0. The van der Waals surface area contributed by atoms with Crippen LogP contribution in [0.25, 0.3) is 11.6 Å². The maximum absolute atomic E-state index is 15.1. The maximum Gasteiger partial charge on any atom is 0.165 e. The molecule has 6 aromatic rings. The Bertz CT molecular complexity index is 2390. The van der Waals surface area contributed by atoms with Crippen molar-refractivity contribution in [3.63, 3.8) is 0 Å². The van der Waals surface area contributed by atoms with Crippen LogP contribution in [0.3, 0.4) is 0 Å². The minimum absolute atomic E-state index is 0.0999. The third-order valence-electron chi connectivity index (χ3n) is 9.87. The van der Waals surface area contributed by atoms with E-state index in [1.54, 1.807) is 84.9 Å². The first-order valence-corrected chi connectivity index (χ1v) is 19.9. The van der Waals surface area contributed by atoms with Gasteiger partial charge in [0.1, 0.15) is 23.2 Å². The van der Waals surface area contributed by atoms with Crippen LogP contribution in [0.1, 0.15) is 53.9 Å². The van der Waals surface area contributed by atoms with Crippen molar-refractivity contribution in [3.05, 3.63) is 213 Å². The normalized spacial score (nSPS) is 15.0. The minimum Gasteiger partial charge on any atom is -0.454 e. The van der Waals surface area contributed by atoms with Crippen LogP contribution in [-0.2, 0) is 6.42 Å². The Labute approximate surface area is 346 Å². The van der Waals surface area contributed by atoms with Gasteiger partial charge in [-0.2, -0.15) is 0 Å². The van der Waals surface area contributed by atoms with Gasteiger partial charge in [-0.25, -0.2) is 17.6 Å². The van der Waals surface area contributed by atoms with Crippen molar-refractivity contribution >= 4 is 34.9 Å². The molecular formula is C50H40Cl2F4O2. The summed E-state index contributed by atoms with van der Waals surface area (Å²) in [5, 5.41) is 1.27. The summed E-state index contributed by atoms with van der Waals surface area (Å²) in [6, 6.07) is 41.7. The molecule has 1 atom stereocenters. The van der Waals surface area contributed by atoms with Crippen LogP contribution in [0.2, 0.25) is 10.0 Å². The molecule has 0 saturated heterocycles. The van der Waals surface area contributed by atoms with Crippen LogP contribution in [-0.4, -0.2) is 0 Å². The van der Waals surface area contributed by atoms with Crippen molar-refractivity contribution < 1.29 is 27.0 Å². The van der Waals surface area contributed by atoms with Gasteiger partial charge in [0.2, 0.25) is 0 Å². The molecule has 0 aliphatic heterocycles. The molecule has 2 saturated carbocycles. The molecule has 8 rings (SSSR count). The average molecular weight is 820 g/mol. The van der Waals surface area contributed by atoms with Gasteiger partial charge < -0.3 is 9.47 Å². The lowest BCUT2D eigenvalue weighted by Crippen LogP contribution is -2.03. The van der Waals surface area contributed by atoms with E-state index in [1.807, 2.05) is 60.7 Å². The SMILES string of the molecule is F/C(=C\Cc1ccc(F)c(Oc2ccccc2)c1)C(c1ccc(Cl)cc1)C1CC1.FC(C=Cc1ccc(F)c(Oc2ccccc2)c1)=C(c1ccc(Cl)cc1)C1CC1. The molecule has 58 heavy (non-hydrogen) atoms. The van der Waals surface area contributed by atoms with Gasteiger partial charge in [0, 0.05) is 16.0 Å². The fourth-order valence-corrected chi connectivity index (χ4v) is 6.87. The van der Waals surface area contributed by atoms with Gasteiger partial charge in [-0.05, 0) is 157 Å². The first-order chi connectivity index (χ1) is 28.2. The molecule has 0 radical (unpaired) electrons. The molecule has 8 heteroatoms. The highest BCUT2D eigenvalue weighted by Crippen LogP contribution is 2.47. The number of benzene rings is 6. The lowest BCUT2D eigenvalue weighted by Gasteiger charge is -2.15. The van der Waals surface area contributed by atoms with E-state index in [0.717, 1.165) is 42.4 Å². The van der Waals surface area contributed by atoms with Crippen molar-refractivity contribution in [3.8, 4) is 23.0 Å². The van der Waals surface area contributed by atoms with Crippen molar-refractivity contribution in [2.24, 2.45) is 11.8 Å². The second kappa shape index (κ2) is 19.3. The topological polar surface area (TPSA) is 18.5 Å². The van der Waals surface area contributed by atoms with E-state index < -0.39 is 11.6 Å². The third kappa shape index (κ3) is 11.3. The van der Waals surface area contributed by atoms with Crippen LogP contribution in [0.5, 0.6) is 23.0 Å². The third-order valence-corrected chi connectivity index (χ3v) is 10.4.